The number of ether oxygens (including phenoxy) is 1. The summed E-state index contributed by atoms with van der Waals surface area (Å²) in [5.41, 5.74) is -0.257. The molecule has 2 saturated heterocycles. The van der Waals surface area contributed by atoms with Crippen molar-refractivity contribution in [2.75, 3.05) is 37.7 Å². The quantitative estimate of drug-likeness (QED) is 0.771. The van der Waals surface area contributed by atoms with Gasteiger partial charge in [-0.1, -0.05) is 11.6 Å². The first-order valence-corrected chi connectivity index (χ1v) is 8.96. The van der Waals surface area contributed by atoms with Gasteiger partial charge in [0.15, 0.2) is 5.82 Å². The Morgan fingerprint density at radius 1 is 1.35 bits per heavy atom. The fourth-order valence-corrected chi connectivity index (χ4v) is 3.76. The third kappa shape index (κ3) is 3.32. The van der Waals surface area contributed by atoms with Crippen LogP contribution in [0.15, 0.2) is 23.1 Å². The zero-order valence-corrected chi connectivity index (χ0v) is 14.9. The molecule has 2 fully saturated rings. The first-order valence-electron chi connectivity index (χ1n) is 8.58. The molecule has 4 heterocycles. The van der Waals surface area contributed by atoms with Crippen molar-refractivity contribution in [1.29, 1.82) is 0 Å². The lowest BCUT2D eigenvalue weighted by atomic mass is 9.90. The molecule has 0 bridgehead atoms. The van der Waals surface area contributed by atoms with E-state index in [1.165, 1.54) is 12.3 Å². The van der Waals surface area contributed by atoms with Crippen LogP contribution in [0.25, 0.3) is 11.4 Å². The van der Waals surface area contributed by atoms with Gasteiger partial charge in [-0.05, 0) is 32.0 Å². The largest absolute Gasteiger partial charge is 0.371 e. The number of hydrogen-bond donors (Lipinski definition) is 2. The summed E-state index contributed by atoms with van der Waals surface area (Å²) in [5.74, 6) is 0.0343. The molecular weight excluding hydrogens is 361 g/mol. The van der Waals surface area contributed by atoms with E-state index in [2.05, 4.69) is 20.3 Å². The number of morpholine rings is 1. The monoisotopic (exact) mass is 379 g/mol. The molecule has 0 aliphatic carbocycles. The molecule has 0 saturated carbocycles. The van der Waals surface area contributed by atoms with Crippen LogP contribution in [0.3, 0.4) is 0 Å². The van der Waals surface area contributed by atoms with Gasteiger partial charge >= 0.3 is 0 Å². The van der Waals surface area contributed by atoms with Gasteiger partial charge in [-0.3, -0.25) is 4.79 Å². The minimum Gasteiger partial charge on any atom is -0.371 e. The van der Waals surface area contributed by atoms with Crippen molar-refractivity contribution in [3.8, 4) is 11.4 Å². The first kappa shape index (κ1) is 17.4. The molecule has 2 aromatic rings. The van der Waals surface area contributed by atoms with E-state index in [-0.39, 0.29) is 16.4 Å². The highest BCUT2D eigenvalue weighted by atomic mass is 35.5. The number of nitrogens with one attached hydrogen (secondary N) is 2. The van der Waals surface area contributed by atoms with Gasteiger partial charge in [0, 0.05) is 30.9 Å². The van der Waals surface area contributed by atoms with Gasteiger partial charge in [-0.2, -0.15) is 4.39 Å². The van der Waals surface area contributed by atoms with Crippen molar-refractivity contribution < 1.29 is 9.13 Å². The van der Waals surface area contributed by atoms with E-state index in [1.807, 2.05) is 4.90 Å². The van der Waals surface area contributed by atoms with Crippen LogP contribution in [-0.4, -0.2) is 53.3 Å². The van der Waals surface area contributed by atoms with Crippen LogP contribution in [0.1, 0.15) is 12.8 Å². The Morgan fingerprint density at radius 3 is 2.92 bits per heavy atom. The predicted octanol–water partition coefficient (Wildman–Crippen LogP) is 1.58. The van der Waals surface area contributed by atoms with Crippen LogP contribution < -0.4 is 15.8 Å². The van der Waals surface area contributed by atoms with E-state index < -0.39 is 11.5 Å². The minimum atomic E-state index is -0.637. The number of rotatable bonds is 2. The van der Waals surface area contributed by atoms with Gasteiger partial charge in [-0.25, -0.2) is 9.97 Å². The van der Waals surface area contributed by atoms with Gasteiger partial charge in [0.2, 0.25) is 5.95 Å². The Hall–Kier alpha value is -2.03. The number of aromatic nitrogens is 3. The fraction of sp³-hybridized carbons (Fsp3) is 0.471. The lowest BCUT2D eigenvalue weighted by Gasteiger charge is -2.45. The van der Waals surface area contributed by atoms with E-state index in [4.69, 9.17) is 16.3 Å². The van der Waals surface area contributed by atoms with Gasteiger partial charge < -0.3 is 19.9 Å². The Morgan fingerprint density at radius 2 is 2.15 bits per heavy atom. The Balaban J connectivity index is 1.70. The topological polar surface area (TPSA) is 83.1 Å². The molecule has 0 atom stereocenters. The predicted molar refractivity (Wildman–Crippen MR) is 96.1 cm³/mol. The average molecular weight is 380 g/mol. The third-order valence-electron chi connectivity index (χ3n) is 4.91. The normalized spacial score (nSPS) is 19.7. The van der Waals surface area contributed by atoms with Crippen molar-refractivity contribution in [2.24, 2.45) is 0 Å². The molecule has 7 nitrogen and oxygen atoms in total. The molecule has 2 N–H and O–H groups in total. The number of nitrogens with zero attached hydrogens (tertiary/aromatic N) is 3. The number of H-pyrrole nitrogens is 1. The zero-order valence-electron chi connectivity index (χ0n) is 14.1. The molecule has 0 amide bonds. The maximum Gasteiger partial charge on any atom is 0.272 e. The van der Waals surface area contributed by atoms with Crippen molar-refractivity contribution in [3.63, 3.8) is 0 Å². The molecule has 0 aromatic carbocycles. The number of pyridine rings is 1. The summed E-state index contributed by atoms with van der Waals surface area (Å²) >= 11 is 6.26. The molecule has 138 valence electrons. The molecule has 2 aliphatic rings. The summed E-state index contributed by atoms with van der Waals surface area (Å²) in [5, 5.41) is 3.37. The average Bonchev–Trinajstić information content (AvgIpc) is 2.64. The highest BCUT2D eigenvalue weighted by Gasteiger charge is 2.39. The molecule has 4 rings (SSSR count). The molecular formula is C17H19ClFN5O2. The van der Waals surface area contributed by atoms with Gasteiger partial charge in [-0.15, -0.1) is 0 Å². The van der Waals surface area contributed by atoms with Gasteiger partial charge in [0.1, 0.15) is 10.8 Å². The molecule has 26 heavy (non-hydrogen) atoms. The van der Waals surface area contributed by atoms with Gasteiger partial charge in [0.05, 0.1) is 12.2 Å². The van der Waals surface area contributed by atoms with Crippen LogP contribution in [0.2, 0.25) is 5.02 Å². The van der Waals surface area contributed by atoms with Crippen LogP contribution in [-0.2, 0) is 4.74 Å². The van der Waals surface area contributed by atoms with Crippen LogP contribution >= 0.6 is 11.6 Å². The number of aromatic amines is 1. The van der Waals surface area contributed by atoms with E-state index in [9.17, 15) is 9.18 Å². The number of halogens is 2. The highest BCUT2D eigenvalue weighted by molar-refractivity contribution is 6.32. The van der Waals surface area contributed by atoms with Crippen LogP contribution in [0.4, 0.5) is 10.2 Å². The molecule has 0 radical (unpaired) electrons. The van der Waals surface area contributed by atoms with E-state index in [0.29, 0.717) is 31.1 Å². The van der Waals surface area contributed by atoms with E-state index >= 15 is 0 Å². The zero-order chi connectivity index (χ0) is 18.1. The second-order valence-corrected chi connectivity index (χ2v) is 7.00. The Labute approximate surface area is 154 Å². The molecule has 1 spiro atoms. The molecule has 9 heteroatoms. The molecule has 2 aromatic heterocycles. The third-order valence-corrected chi connectivity index (χ3v) is 5.25. The summed E-state index contributed by atoms with van der Waals surface area (Å²) in [6.07, 6.45) is 3.12. The first-order chi connectivity index (χ1) is 12.6. The minimum absolute atomic E-state index is 0.0364. The highest BCUT2D eigenvalue weighted by Crippen LogP contribution is 2.32. The summed E-state index contributed by atoms with van der Waals surface area (Å²) in [6.45, 7) is 3.55. The van der Waals surface area contributed by atoms with Crippen LogP contribution in [0, 0.1) is 5.95 Å². The van der Waals surface area contributed by atoms with Crippen molar-refractivity contribution in [2.45, 2.75) is 18.4 Å². The van der Waals surface area contributed by atoms with E-state index in [0.717, 1.165) is 25.9 Å². The van der Waals surface area contributed by atoms with Gasteiger partial charge in [0.25, 0.3) is 5.56 Å². The lowest BCUT2D eigenvalue weighted by molar-refractivity contribution is -0.0740. The van der Waals surface area contributed by atoms with Crippen LogP contribution in [0.5, 0.6) is 0 Å². The van der Waals surface area contributed by atoms with Crippen molar-refractivity contribution in [1.82, 2.24) is 20.3 Å². The Kier molecular flexibility index (Phi) is 4.64. The summed E-state index contributed by atoms with van der Waals surface area (Å²) in [4.78, 5) is 25.0. The standard InChI is InChI=1S/C17H19ClFN5O2/c18-13-15(24-7-8-26-17(10-24)2-5-20-6-3-17)22-14(23-16(13)25)11-1-4-21-12(19)9-11/h1,4,9,20H,2-3,5-8,10H2,(H,22,23,25). The second-order valence-electron chi connectivity index (χ2n) is 6.62. The Bertz CT molecular complexity index is 863. The smallest absolute Gasteiger partial charge is 0.272 e. The fourth-order valence-electron chi connectivity index (χ4n) is 3.55. The summed E-state index contributed by atoms with van der Waals surface area (Å²) in [7, 11) is 0. The van der Waals surface area contributed by atoms with Crippen molar-refractivity contribution in [3.05, 3.63) is 39.7 Å². The maximum atomic E-state index is 13.4. The van der Waals surface area contributed by atoms with E-state index in [1.54, 1.807) is 6.07 Å². The number of anilines is 1. The lowest BCUT2D eigenvalue weighted by Crippen LogP contribution is -2.56. The maximum absolute atomic E-state index is 13.4. The SMILES string of the molecule is O=c1[nH]c(-c2ccnc(F)c2)nc(N2CCOC3(CCNCC3)C2)c1Cl. The number of piperidine rings is 1. The molecule has 0 unspecified atom stereocenters. The number of hydrogen-bond acceptors (Lipinski definition) is 6. The molecule has 2 aliphatic heterocycles. The van der Waals surface area contributed by atoms with Crippen molar-refractivity contribution >= 4 is 17.4 Å². The summed E-state index contributed by atoms with van der Waals surface area (Å²) < 4.78 is 19.5. The second kappa shape index (κ2) is 6.94. The summed E-state index contributed by atoms with van der Waals surface area (Å²) in [6, 6.07) is 2.82.